The van der Waals surface area contributed by atoms with E-state index in [2.05, 4.69) is 20.9 Å². The zero-order valence-electron chi connectivity index (χ0n) is 10.0. The fourth-order valence-electron chi connectivity index (χ4n) is 1.11. The Balaban J connectivity index is 3.28. The number of nitrogens with zero attached hydrogens (tertiary/aromatic N) is 2. The molecule has 0 amide bonds. The maximum Gasteiger partial charge on any atom is 0.0705 e. The van der Waals surface area contributed by atoms with Crippen molar-refractivity contribution < 1.29 is 10.4 Å². The van der Waals surface area contributed by atoms with Crippen LogP contribution in [0.5, 0.6) is 0 Å². The first-order valence-electron chi connectivity index (χ1n) is 5.53. The first-order valence-corrected chi connectivity index (χ1v) is 5.53. The van der Waals surface area contributed by atoms with E-state index in [1.807, 2.05) is 6.92 Å². The van der Waals surface area contributed by atoms with Gasteiger partial charge in [0.2, 0.25) is 0 Å². The maximum absolute atomic E-state index is 8.55. The van der Waals surface area contributed by atoms with Gasteiger partial charge in [0.1, 0.15) is 0 Å². The van der Waals surface area contributed by atoms with Crippen molar-refractivity contribution in [1.29, 1.82) is 0 Å². The zero-order chi connectivity index (χ0) is 12.2. The topological polar surface area (TPSA) is 89.2 Å². The highest BCUT2D eigenvalue weighted by molar-refractivity contribution is 5.85. The smallest absolute Gasteiger partial charge is 0.0705 e. The zero-order valence-corrected chi connectivity index (χ0v) is 10.0. The number of oxime groups is 2. The van der Waals surface area contributed by atoms with E-state index in [4.69, 9.17) is 10.4 Å². The minimum absolute atomic E-state index is 0.606. The summed E-state index contributed by atoms with van der Waals surface area (Å²) in [5.41, 5.74) is 1.44. The Morgan fingerprint density at radius 2 is 1.69 bits per heavy atom. The van der Waals surface area contributed by atoms with Crippen molar-refractivity contribution in [3.8, 4) is 0 Å². The maximum atomic E-state index is 8.55. The molecule has 6 nitrogen and oxygen atoms in total. The molecule has 0 aliphatic rings. The van der Waals surface area contributed by atoms with Gasteiger partial charge in [-0.1, -0.05) is 17.2 Å². The minimum Gasteiger partial charge on any atom is -0.411 e. The fourth-order valence-corrected chi connectivity index (χ4v) is 1.11. The third-order valence-corrected chi connectivity index (χ3v) is 2.14. The van der Waals surface area contributed by atoms with Crippen LogP contribution in [0.1, 0.15) is 26.7 Å². The third-order valence-electron chi connectivity index (χ3n) is 2.14. The second-order valence-electron chi connectivity index (χ2n) is 3.56. The molecular formula is C10H22N4O2. The van der Waals surface area contributed by atoms with Gasteiger partial charge >= 0.3 is 0 Å². The summed E-state index contributed by atoms with van der Waals surface area (Å²) in [6, 6.07) is 0. The predicted molar refractivity (Wildman–Crippen MR) is 64.8 cm³/mol. The standard InChI is InChI=1S/C10H22N4O2/c1-3-10(14-16)8-12-6-4-5-11-7-9(2)13-15/h11-12,15-16H,3-8H2,1-2H3. The van der Waals surface area contributed by atoms with E-state index in [-0.39, 0.29) is 0 Å². The molecular weight excluding hydrogens is 208 g/mol. The highest BCUT2D eigenvalue weighted by Crippen LogP contribution is 1.83. The second kappa shape index (κ2) is 10.4. The molecule has 0 aliphatic carbocycles. The molecule has 94 valence electrons. The molecule has 0 fully saturated rings. The van der Waals surface area contributed by atoms with Crippen molar-refractivity contribution in [2.75, 3.05) is 26.2 Å². The van der Waals surface area contributed by atoms with Gasteiger partial charge in [-0.15, -0.1) is 0 Å². The van der Waals surface area contributed by atoms with Crippen molar-refractivity contribution in [2.45, 2.75) is 26.7 Å². The summed E-state index contributed by atoms with van der Waals surface area (Å²) < 4.78 is 0. The molecule has 0 atom stereocenters. The van der Waals surface area contributed by atoms with E-state index >= 15 is 0 Å². The van der Waals surface area contributed by atoms with Crippen LogP contribution in [0.25, 0.3) is 0 Å². The van der Waals surface area contributed by atoms with Crippen molar-refractivity contribution in [3.63, 3.8) is 0 Å². The third kappa shape index (κ3) is 8.19. The van der Waals surface area contributed by atoms with Crippen LogP contribution in [-0.2, 0) is 0 Å². The highest BCUT2D eigenvalue weighted by atomic mass is 16.4. The molecule has 0 aromatic heterocycles. The van der Waals surface area contributed by atoms with Gasteiger partial charge in [-0.05, 0) is 32.9 Å². The lowest BCUT2D eigenvalue weighted by Crippen LogP contribution is -2.28. The molecule has 0 radical (unpaired) electrons. The van der Waals surface area contributed by atoms with Crippen molar-refractivity contribution >= 4 is 11.4 Å². The molecule has 0 aromatic carbocycles. The quantitative estimate of drug-likeness (QED) is 0.203. The Hall–Kier alpha value is -1.14. The first-order chi connectivity index (χ1) is 7.74. The van der Waals surface area contributed by atoms with Crippen LogP contribution in [-0.4, -0.2) is 48.0 Å². The lowest BCUT2D eigenvalue weighted by molar-refractivity contribution is 0.316. The Bertz CT molecular complexity index is 229. The number of hydrogen-bond acceptors (Lipinski definition) is 6. The summed E-state index contributed by atoms with van der Waals surface area (Å²) in [5.74, 6) is 0. The van der Waals surface area contributed by atoms with Crippen molar-refractivity contribution in [1.82, 2.24) is 10.6 Å². The molecule has 0 saturated heterocycles. The van der Waals surface area contributed by atoms with Crippen LogP contribution in [0.4, 0.5) is 0 Å². The van der Waals surface area contributed by atoms with Crippen LogP contribution in [0.15, 0.2) is 10.3 Å². The van der Waals surface area contributed by atoms with Gasteiger partial charge in [0.05, 0.1) is 11.4 Å². The molecule has 0 aromatic rings. The van der Waals surface area contributed by atoms with Gasteiger partial charge in [-0.2, -0.15) is 0 Å². The molecule has 0 saturated carbocycles. The summed E-state index contributed by atoms with van der Waals surface area (Å²) in [6.45, 7) is 6.67. The van der Waals surface area contributed by atoms with Crippen molar-refractivity contribution in [3.05, 3.63) is 0 Å². The van der Waals surface area contributed by atoms with E-state index in [0.717, 1.165) is 31.6 Å². The van der Waals surface area contributed by atoms with Gasteiger partial charge in [0.15, 0.2) is 0 Å². The fraction of sp³-hybridized carbons (Fsp3) is 0.800. The van der Waals surface area contributed by atoms with E-state index in [9.17, 15) is 0 Å². The number of rotatable bonds is 9. The Morgan fingerprint density at radius 1 is 1.06 bits per heavy atom. The second-order valence-corrected chi connectivity index (χ2v) is 3.56. The molecule has 0 heterocycles. The highest BCUT2D eigenvalue weighted by Gasteiger charge is 1.96. The Kier molecular flexibility index (Phi) is 9.64. The number of nitrogens with one attached hydrogen (secondary N) is 2. The van der Waals surface area contributed by atoms with Crippen LogP contribution >= 0.6 is 0 Å². The van der Waals surface area contributed by atoms with Crippen molar-refractivity contribution in [2.24, 2.45) is 10.3 Å². The van der Waals surface area contributed by atoms with Crippen LogP contribution in [0.3, 0.4) is 0 Å². The lowest BCUT2D eigenvalue weighted by Gasteiger charge is -2.06. The Labute approximate surface area is 96.4 Å². The largest absolute Gasteiger partial charge is 0.411 e. The molecule has 6 heteroatoms. The molecule has 0 aliphatic heterocycles. The van der Waals surface area contributed by atoms with Crippen LogP contribution in [0.2, 0.25) is 0 Å². The van der Waals surface area contributed by atoms with E-state index in [1.54, 1.807) is 6.92 Å². The monoisotopic (exact) mass is 230 g/mol. The lowest BCUT2D eigenvalue weighted by atomic mass is 10.3. The van der Waals surface area contributed by atoms with Crippen LogP contribution in [0, 0.1) is 0 Å². The average Bonchev–Trinajstić information content (AvgIpc) is 2.32. The molecule has 16 heavy (non-hydrogen) atoms. The van der Waals surface area contributed by atoms with E-state index in [0.29, 0.717) is 18.8 Å². The van der Waals surface area contributed by atoms with Gasteiger partial charge in [0.25, 0.3) is 0 Å². The van der Waals surface area contributed by atoms with Gasteiger partial charge in [-0.3, -0.25) is 0 Å². The van der Waals surface area contributed by atoms with Crippen LogP contribution < -0.4 is 10.6 Å². The molecule has 0 rings (SSSR count). The summed E-state index contributed by atoms with van der Waals surface area (Å²) in [5, 5.41) is 29.5. The molecule has 4 N–H and O–H groups in total. The summed E-state index contributed by atoms with van der Waals surface area (Å²) >= 11 is 0. The Morgan fingerprint density at radius 3 is 2.19 bits per heavy atom. The predicted octanol–water partition coefficient (Wildman–Crippen LogP) is 0.646. The summed E-state index contributed by atoms with van der Waals surface area (Å²) in [6.07, 6.45) is 1.73. The normalized spacial score (nSPS) is 13.1. The average molecular weight is 230 g/mol. The van der Waals surface area contributed by atoms with Gasteiger partial charge < -0.3 is 21.0 Å². The molecule has 0 spiro atoms. The van der Waals surface area contributed by atoms with E-state index in [1.165, 1.54) is 0 Å². The molecule has 0 bridgehead atoms. The SMILES string of the molecule is CCC(CNCCCNCC(C)=NO)=NO. The summed E-state index contributed by atoms with van der Waals surface area (Å²) in [7, 11) is 0. The van der Waals surface area contributed by atoms with Gasteiger partial charge in [-0.25, -0.2) is 0 Å². The summed E-state index contributed by atoms with van der Waals surface area (Å²) in [4.78, 5) is 0. The number of hydrogen-bond donors (Lipinski definition) is 4. The van der Waals surface area contributed by atoms with Gasteiger partial charge in [0, 0.05) is 13.1 Å². The first kappa shape index (κ1) is 14.9. The van der Waals surface area contributed by atoms with E-state index < -0.39 is 0 Å². The minimum atomic E-state index is 0.606. The molecule has 0 unspecified atom stereocenters.